The number of aromatic nitrogens is 5. The van der Waals surface area contributed by atoms with Crippen LogP contribution >= 0.6 is 0 Å². The van der Waals surface area contributed by atoms with Gasteiger partial charge in [-0.1, -0.05) is 0 Å². The summed E-state index contributed by atoms with van der Waals surface area (Å²) in [6.07, 6.45) is 6.52. The predicted octanol–water partition coefficient (Wildman–Crippen LogP) is 2.57. The van der Waals surface area contributed by atoms with Crippen LogP contribution in [0, 0.1) is 5.82 Å². The molecule has 2 amide bonds. The second-order valence-electron chi connectivity index (χ2n) is 6.41. The van der Waals surface area contributed by atoms with Crippen LogP contribution in [0.15, 0.2) is 55.1 Å². The van der Waals surface area contributed by atoms with Gasteiger partial charge in [-0.25, -0.2) is 28.7 Å². The van der Waals surface area contributed by atoms with Crippen LogP contribution in [-0.4, -0.2) is 50.8 Å². The highest BCUT2D eigenvalue weighted by molar-refractivity contribution is 5.89. The van der Waals surface area contributed by atoms with Gasteiger partial charge in [0.25, 0.3) is 0 Å². The molecule has 0 aliphatic rings. The lowest BCUT2D eigenvalue weighted by Gasteiger charge is -2.06. The van der Waals surface area contributed by atoms with Gasteiger partial charge in [0, 0.05) is 49.5 Å². The van der Waals surface area contributed by atoms with Gasteiger partial charge in [-0.3, -0.25) is 5.32 Å². The van der Waals surface area contributed by atoms with E-state index in [2.05, 4.69) is 36.0 Å². The van der Waals surface area contributed by atoms with Crippen LogP contribution in [0.4, 0.5) is 21.0 Å². The van der Waals surface area contributed by atoms with Crippen molar-refractivity contribution >= 4 is 23.3 Å². The van der Waals surface area contributed by atoms with Crippen LogP contribution in [0.1, 0.15) is 0 Å². The first kappa shape index (κ1) is 20.0. The maximum Gasteiger partial charge on any atom is 0.320 e. The summed E-state index contributed by atoms with van der Waals surface area (Å²) >= 11 is 0. The molecule has 0 radical (unpaired) electrons. The number of hydrogen-bond donors (Lipinski definition) is 3. The molecule has 0 aliphatic carbocycles. The fourth-order valence-corrected chi connectivity index (χ4v) is 2.87. The number of pyridine rings is 2. The molecule has 11 heteroatoms. The second kappa shape index (κ2) is 9.03. The molecule has 0 fully saturated rings. The third kappa shape index (κ3) is 4.83. The normalized spacial score (nSPS) is 10.6. The van der Waals surface area contributed by atoms with Crippen molar-refractivity contribution in [1.82, 2.24) is 29.9 Å². The molecule has 0 saturated carbocycles. The summed E-state index contributed by atoms with van der Waals surface area (Å²) in [5.41, 5.74) is 2.09. The number of anilines is 2. The van der Waals surface area contributed by atoms with Gasteiger partial charge >= 0.3 is 6.03 Å². The number of carbonyl (C=O) groups is 1. The van der Waals surface area contributed by atoms with E-state index in [1.807, 2.05) is 6.07 Å². The van der Waals surface area contributed by atoms with Crippen molar-refractivity contribution in [2.75, 3.05) is 30.8 Å². The number of ether oxygens (including phenoxy) is 1. The highest BCUT2D eigenvalue weighted by Crippen LogP contribution is 2.25. The largest absolute Gasteiger partial charge is 0.479 e. The van der Waals surface area contributed by atoms with Crippen molar-refractivity contribution in [2.24, 2.45) is 0 Å². The summed E-state index contributed by atoms with van der Waals surface area (Å²) in [4.78, 5) is 24.1. The fraction of sp³-hybridized carbons (Fsp3) is 0.150. The maximum atomic E-state index is 14.0. The number of nitrogens with zero attached hydrogens (tertiary/aromatic N) is 5. The van der Waals surface area contributed by atoms with Gasteiger partial charge in [0.2, 0.25) is 11.8 Å². The standard InChI is InChI=1S/C20H19FN8O2/c1-31-18-16(21)10-14(12-26-18)13-3-8-29-15(9-13)11-17(28-29)27-20(30)25-7-6-24-19-22-4-2-5-23-19/h2-5,8-12H,6-7H2,1H3,(H,22,23,24)(H2,25,27,28,30). The molecule has 0 atom stereocenters. The van der Waals surface area contributed by atoms with Crippen molar-refractivity contribution in [3.63, 3.8) is 0 Å². The van der Waals surface area contributed by atoms with Gasteiger partial charge in [-0.2, -0.15) is 0 Å². The summed E-state index contributed by atoms with van der Waals surface area (Å²) in [5.74, 6) is 0.278. The maximum absolute atomic E-state index is 14.0. The number of halogens is 1. The molecular formula is C20H19FN8O2. The number of fused-ring (bicyclic) bond motifs is 1. The van der Waals surface area contributed by atoms with Crippen LogP contribution in [-0.2, 0) is 0 Å². The Labute approximate surface area is 176 Å². The second-order valence-corrected chi connectivity index (χ2v) is 6.41. The lowest BCUT2D eigenvalue weighted by Crippen LogP contribution is -2.32. The topological polar surface area (TPSA) is 118 Å². The molecule has 158 valence electrons. The Bertz CT molecular complexity index is 1200. The first-order chi connectivity index (χ1) is 15.1. The first-order valence-electron chi connectivity index (χ1n) is 9.37. The van der Waals surface area contributed by atoms with Crippen LogP contribution in [0.2, 0.25) is 0 Å². The van der Waals surface area contributed by atoms with Gasteiger partial charge in [0.05, 0.1) is 12.6 Å². The quantitative estimate of drug-likeness (QED) is 0.392. The number of urea groups is 1. The third-order valence-corrected chi connectivity index (χ3v) is 4.30. The third-order valence-electron chi connectivity index (χ3n) is 4.30. The van der Waals surface area contributed by atoms with Crippen molar-refractivity contribution in [1.29, 1.82) is 0 Å². The van der Waals surface area contributed by atoms with Crippen molar-refractivity contribution in [3.8, 4) is 17.0 Å². The smallest absolute Gasteiger partial charge is 0.320 e. The first-order valence-corrected chi connectivity index (χ1v) is 9.37. The van der Waals surface area contributed by atoms with Crippen LogP contribution in [0.3, 0.4) is 0 Å². The van der Waals surface area contributed by atoms with Crippen molar-refractivity contribution in [3.05, 3.63) is 60.9 Å². The molecule has 0 aromatic carbocycles. The lowest BCUT2D eigenvalue weighted by atomic mass is 10.1. The van der Waals surface area contributed by atoms with Gasteiger partial charge in [0.15, 0.2) is 11.6 Å². The summed E-state index contributed by atoms with van der Waals surface area (Å²) in [7, 11) is 1.36. The van der Waals surface area contributed by atoms with E-state index < -0.39 is 5.82 Å². The highest BCUT2D eigenvalue weighted by atomic mass is 19.1. The Morgan fingerprint density at radius 1 is 1.13 bits per heavy atom. The van der Waals surface area contributed by atoms with E-state index in [-0.39, 0.29) is 11.9 Å². The number of carbonyl (C=O) groups excluding carboxylic acids is 1. The Kier molecular flexibility index (Phi) is 5.83. The Balaban J connectivity index is 1.36. The van der Waals surface area contributed by atoms with Gasteiger partial charge < -0.3 is 15.4 Å². The monoisotopic (exact) mass is 422 g/mol. The molecule has 4 aromatic rings. The number of hydrogen-bond acceptors (Lipinski definition) is 7. The summed E-state index contributed by atoms with van der Waals surface area (Å²) < 4.78 is 20.4. The van der Waals surface area contributed by atoms with E-state index in [9.17, 15) is 9.18 Å². The molecule has 0 unspecified atom stereocenters. The zero-order chi connectivity index (χ0) is 21.6. The molecule has 0 spiro atoms. The molecular weight excluding hydrogens is 403 g/mol. The highest BCUT2D eigenvalue weighted by Gasteiger charge is 2.10. The number of rotatable bonds is 7. The molecule has 4 rings (SSSR count). The Morgan fingerprint density at radius 3 is 2.74 bits per heavy atom. The predicted molar refractivity (Wildman–Crippen MR) is 112 cm³/mol. The molecule has 31 heavy (non-hydrogen) atoms. The number of nitrogens with one attached hydrogen (secondary N) is 3. The number of methoxy groups -OCH3 is 1. The summed E-state index contributed by atoms with van der Waals surface area (Å²) in [5, 5.41) is 12.7. The van der Waals surface area contributed by atoms with Gasteiger partial charge in [0.1, 0.15) is 0 Å². The van der Waals surface area contributed by atoms with E-state index in [0.29, 0.717) is 30.4 Å². The van der Waals surface area contributed by atoms with Crippen molar-refractivity contribution in [2.45, 2.75) is 0 Å². The zero-order valence-corrected chi connectivity index (χ0v) is 16.5. The van der Waals surface area contributed by atoms with Gasteiger partial charge in [-0.15, -0.1) is 5.10 Å². The van der Waals surface area contributed by atoms with Gasteiger partial charge in [-0.05, 0) is 29.8 Å². The van der Waals surface area contributed by atoms with Crippen LogP contribution in [0.5, 0.6) is 5.88 Å². The zero-order valence-electron chi connectivity index (χ0n) is 16.5. The van der Waals surface area contributed by atoms with E-state index in [4.69, 9.17) is 4.74 Å². The molecule has 3 N–H and O–H groups in total. The molecule has 4 aromatic heterocycles. The molecule has 0 aliphatic heterocycles. The minimum Gasteiger partial charge on any atom is -0.479 e. The number of amides is 2. The Morgan fingerprint density at radius 2 is 1.97 bits per heavy atom. The lowest BCUT2D eigenvalue weighted by molar-refractivity contribution is 0.252. The molecule has 4 heterocycles. The SMILES string of the molecule is COc1ncc(-c2ccn3nc(NC(=O)NCCNc4ncccn4)cc3c2)cc1F. The average molecular weight is 422 g/mol. The molecule has 0 bridgehead atoms. The van der Waals surface area contributed by atoms with E-state index in [1.54, 1.807) is 41.3 Å². The minimum absolute atomic E-state index is 0.0572. The summed E-state index contributed by atoms with van der Waals surface area (Å²) in [6.45, 7) is 0.843. The average Bonchev–Trinajstić information content (AvgIpc) is 3.18. The molecule has 0 saturated heterocycles. The van der Waals surface area contributed by atoms with Crippen LogP contribution < -0.4 is 20.7 Å². The van der Waals surface area contributed by atoms with E-state index in [1.165, 1.54) is 19.4 Å². The summed E-state index contributed by atoms with van der Waals surface area (Å²) in [6, 6.07) is 8.01. The minimum atomic E-state index is -0.541. The Hall–Kier alpha value is -4.28. The fourth-order valence-electron chi connectivity index (χ4n) is 2.87. The molecule has 10 nitrogen and oxygen atoms in total. The van der Waals surface area contributed by atoms with Crippen molar-refractivity contribution < 1.29 is 13.9 Å². The van der Waals surface area contributed by atoms with Crippen LogP contribution in [0.25, 0.3) is 16.6 Å². The van der Waals surface area contributed by atoms with E-state index >= 15 is 0 Å². The van der Waals surface area contributed by atoms with E-state index in [0.717, 1.165) is 11.1 Å².